The van der Waals surface area contributed by atoms with E-state index in [9.17, 15) is 9.59 Å². The minimum absolute atomic E-state index is 0.316. The van der Waals surface area contributed by atoms with Gasteiger partial charge in [-0.25, -0.2) is 9.59 Å². The van der Waals surface area contributed by atoms with Gasteiger partial charge in [-0.3, -0.25) is 0 Å². The van der Waals surface area contributed by atoms with Crippen LogP contribution in [0.3, 0.4) is 0 Å². The number of hydrogen-bond acceptors (Lipinski definition) is 5. The fraction of sp³-hybridized carbons (Fsp3) is 0.0714. The second-order valence-corrected chi connectivity index (χ2v) is 7.28. The van der Waals surface area contributed by atoms with Crippen LogP contribution in [0.2, 0.25) is 0 Å². The molecule has 5 heteroatoms. The predicted molar refractivity (Wildman–Crippen MR) is 129 cm³/mol. The van der Waals surface area contributed by atoms with Gasteiger partial charge in [0.25, 0.3) is 0 Å². The van der Waals surface area contributed by atoms with E-state index >= 15 is 0 Å². The van der Waals surface area contributed by atoms with Crippen molar-refractivity contribution in [3.8, 4) is 33.8 Å². The van der Waals surface area contributed by atoms with Gasteiger partial charge in [0.1, 0.15) is 24.0 Å². The maximum atomic E-state index is 11.3. The molecule has 0 aliphatic heterocycles. The number of aryl methyl sites for hydroxylation is 1. The van der Waals surface area contributed by atoms with E-state index in [0.29, 0.717) is 17.1 Å². The van der Waals surface area contributed by atoms with Crippen LogP contribution in [0, 0.1) is 6.92 Å². The van der Waals surface area contributed by atoms with Crippen molar-refractivity contribution in [2.24, 2.45) is 0 Å². The summed E-state index contributed by atoms with van der Waals surface area (Å²) in [6, 6.07) is 21.2. The molecule has 166 valence electrons. The van der Waals surface area contributed by atoms with Crippen LogP contribution < -0.4 is 9.47 Å². The Kier molecular flexibility index (Phi) is 7.60. The van der Waals surface area contributed by atoms with Crippen LogP contribution >= 0.6 is 0 Å². The van der Waals surface area contributed by atoms with Gasteiger partial charge in [-0.2, -0.15) is 0 Å². The molecule has 0 saturated carbocycles. The van der Waals surface area contributed by atoms with Crippen LogP contribution in [0.15, 0.2) is 104 Å². The summed E-state index contributed by atoms with van der Waals surface area (Å²) in [7, 11) is 0. The molecule has 0 atom stereocenters. The normalized spacial score (nSPS) is 10.5. The maximum Gasteiger partial charge on any atom is 0.338 e. The van der Waals surface area contributed by atoms with Crippen molar-refractivity contribution < 1.29 is 23.8 Å². The number of esters is 2. The second-order valence-electron chi connectivity index (χ2n) is 7.28. The molecule has 0 unspecified atom stereocenters. The highest BCUT2D eigenvalue weighted by Gasteiger charge is 2.07. The Labute approximate surface area is 193 Å². The third-order valence-corrected chi connectivity index (χ3v) is 4.75. The topological polar surface area (TPSA) is 61.8 Å². The molecule has 0 aromatic heterocycles. The molecule has 0 bridgehead atoms. The van der Waals surface area contributed by atoms with Crippen LogP contribution in [0.25, 0.3) is 22.3 Å². The number of carbonyl (C=O) groups is 2. The fourth-order valence-electron chi connectivity index (χ4n) is 3.05. The number of hydrogen-bond donors (Lipinski definition) is 0. The van der Waals surface area contributed by atoms with E-state index in [2.05, 4.69) is 38.3 Å². The van der Waals surface area contributed by atoms with Crippen LogP contribution in [-0.2, 0) is 14.3 Å². The molecule has 0 spiro atoms. The van der Waals surface area contributed by atoms with E-state index in [-0.39, 0.29) is 0 Å². The Morgan fingerprint density at radius 1 is 0.818 bits per heavy atom. The molecule has 33 heavy (non-hydrogen) atoms. The molecular weight excluding hydrogens is 416 g/mol. The van der Waals surface area contributed by atoms with Gasteiger partial charge < -0.3 is 14.2 Å². The zero-order chi connectivity index (χ0) is 23.8. The van der Waals surface area contributed by atoms with Gasteiger partial charge >= 0.3 is 11.9 Å². The second kappa shape index (κ2) is 10.8. The molecule has 0 N–H and O–H groups in total. The third-order valence-electron chi connectivity index (χ3n) is 4.75. The molecule has 0 radical (unpaired) electrons. The quantitative estimate of drug-likeness (QED) is 0.176. The predicted octanol–water partition coefficient (Wildman–Crippen LogP) is 6.39. The van der Waals surface area contributed by atoms with Gasteiger partial charge in [0.15, 0.2) is 0 Å². The largest absolute Gasteiger partial charge is 0.462 e. The lowest BCUT2D eigenvalue weighted by Gasteiger charge is -2.10. The maximum absolute atomic E-state index is 11.3. The Bertz CT molecular complexity index is 1200. The van der Waals surface area contributed by atoms with E-state index < -0.39 is 11.9 Å². The number of benzene rings is 3. The first-order valence-electron chi connectivity index (χ1n) is 10.2. The van der Waals surface area contributed by atoms with Gasteiger partial charge in [0.05, 0.1) is 0 Å². The van der Waals surface area contributed by atoms with Crippen LogP contribution in [0.1, 0.15) is 12.5 Å². The van der Waals surface area contributed by atoms with Crippen molar-refractivity contribution in [1.82, 2.24) is 0 Å². The van der Waals surface area contributed by atoms with Gasteiger partial charge in [-0.15, -0.1) is 0 Å². The molecule has 0 aliphatic carbocycles. The molecule has 5 nitrogen and oxygen atoms in total. The number of ether oxygens (including phenoxy) is 3. The van der Waals surface area contributed by atoms with E-state index in [1.54, 1.807) is 19.1 Å². The standard InChI is InChI=1S/C28H24O5/c1-5-27(29)33-25-13-6-21(7-14-25)23-10-15-26(20(4)18-23)22-8-11-24(12-9-22)31-16-17-32-28(30)19(2)3/h5-18H,1-2H2,3-4H3/b17-16-. The summed E-state index contributed by atoms with van der Waals surface area (Å²) in [5.74, 6) is 0.105. The Morgan fingerprint density at radius 2 is 1.42 bits per heavy atom. The van der Waals surface area contributed by atoms with E-state index in [1.165, 1.54) is 12.5 Å². The number of carbonyl (C=O) groups excluding carboxylic acids is 2. The van der Waals surface area contributed by atoms with Gasteiger partial charge in [-0.1, -0.05) is 55.6 Å². The summed E-state index contributed by atoms with van der Waals surface area (Å²) in [6.45, 7) is 10.5. The van der Waals surface area contributed by atoms with Crippen LogP contribution in [0.4, 0.5) is 0 Å². The monoisotopic (exact) mass is 440 g/mol. The summed E-state index contributed by atoms with van der Waals surface area (Å²) in [6.07, 6.45) is 3.62. The molecular formula is C28H24O5. The van der Waals surface area contributed by atoms with Crippen LogP contribution in [-0.4, -0.2) is 11.9 Å². The minimum Gasteiger partial charge on any atom is -0.462 e. The zero-order valence-corrected chi connectivity index (χ0v) is 18.5. The smallest absolute Gasteiger partial charge is 0.338 e. The molecule has 0 aliphatic rings. The van der Waals surface area contributed by atoms with Crippen molar-refractivity contribution in [3.05, 3.63) is 110 Å². The summed E-state index contributed by atoms with van der Waals surface area (Å²) in [4.78, 5) is 22.6. The van der Waals surface area contributed by atoms with Crippen molar-refractivity contribution in [3.63, 3.8) is 0 Å². The van der Waals surface area contributed by atoms with Crippen molar-refractivity contribution in [2.45, 2.75) is 13.8 Å². The fourth-order valence-corrected chi connectivity index (χ4v) is 3.05. The average Bonchev–Trinajstić information content (AvgIpc) is 2.82. The van der Waals surface area contributed by atoms with Crippen molar-refractivity contribution in [2.75, 3.05) is 0 Å². The summed E-state index contributed by atoms with van der Waals surface area (Å²) < 4.78 is 15.4. The molecule has 0 heterocycles. The third kappa shape index (κ3) is 6.31. The number of rotatable bonds is 8. The molecule has 3 aromatic carbocycles. The molecule has 0 fully saturated rings. The Morgan fingerprint density at radius 3 is 2.03 bits per heavy atom. The summed E-state index contributed by atoms with van der Waals surface area (Å²) in [5, 5.41) is 0. The van der Waals surface area contributed by atoms with Gasteiger partial charge in [-0.05, 0) is 65.9 Å². The highest BCUT2D eigenvalue weighted by Crippen LogP contribution is 2.30. The first-order valence-corrected chi connectivity index (χ1v) is 10.2. The molecule has 0 saturated heterocycles. The molecule has 0 amide bonds. The highest BCUT2D eigenvalue weighted by atomic mass is 16.5. The highest BCUT2D eigenvalue weighted by molar-refractivity contribution is 5.87. The van der Waals surface area contributed by atoms with Crippen LogP contribution in [0.5, 0.6) is 11.5 Å². The summed E-state index contributed by atoms with van der Waals surface area (Å²) >= 11 is 0. The first kappa shape index (κ1) is 23.3. The van der Waals surface area contributed by atoms with Gasteiger partial charge in [0, 0.05) is 11.6 Å². The Hall–Kier alpha value is -4.38. The SMILES string of the molecule is C=CC(=O)Oc1ccc(-c2ccc(-c3ccc(O/C=C\OC(=O)C(=C)C)cc3)c(C)c2)cc1. The van der Waals surface area contributed by atoms with E-state index in [4.69, 9.17) is 14.2 Å². The van der Waals surface area contributed by atoms with E-state index in [0.717, 1.165) is 33.9 Å². The van der Waals surface area contributed by atoms with E-state index in [1.807, 2.05) is 36.4 Å². The zero-order valence-electron chi connectivity index (χ0n) is 18.5. The lowest BCUT2D eigenvalue weighted by molar-refractivity contribution is -0.133. The minimum atomic E-state index is -0.504. The summed E-state index contributed by atoms with van der Waals surface area (Å²) in [5.41, 5.74) is 5.67. The first-order chi connectivity index (χ1) is 15.9. The molecule has 3 aromatic rings. The van der Waals surface area contributed by atoms with Crippen molar-refractivity contribution in [1.29, 1.82) is 0 Å². The van der Waals surface area contributed by atoms with Gasteiger partial charge in [0.2, 0.25) is 0 Å². The Balaban J connectivity index is 1.67. The lowest BCUT2D eigenvalue weighted by atomic mass is 9.96. The molecule has 3 rings (SSSR count). The van der Waals surface area contributed by atoms with Crippen molar-refractivity contribution >= 4 is 11.9 Å². The average molecular weight is 440 g/mol. The lowest BCUT2D eigenvalue weighted by Crippen LogP contribution is -2.02.